The van der Waals surface area contributed by atoms with Crippen molar-refractivity contribution in [1.29, 1.82) is 0 Å². The summed E-state index contributed by atoms with van der Waals surface area (Å²) in [6.07, 6.45) is 0. The van der Waals surface area contributed by atoms with E-state index in [9.17, 15) is 19.5 Å². The van der Waals surface area contributed by atoms with Gasteiger partial charge >= 0.3 is 12.0 Å². The second-order valence-corrected chi connectivity index (χ2v) is 4.27. The highest BCUT2D eigenvalue weighted by atomic mass is 16.4. The average Bonchev–Trinajstić information content (AvgIpc) is 2.40. The highest BCUT2D eigenvalue weighted by molar-refractivity contribution is 6.00. The molecule has 0 spiro atoms. The van der Waals surface area contributed by atoms with E-state index in [0.29, 0.717) is 6.54 Å². The first-order chi connectivity index (χ1) is 9.85. The van der Waals surface area contributed by atoms with Gasteiger partial charge in [0.15, 0.2) is 0 Å². The average molecular weight is 295 g/mol. The van der Waals surface area contributed by atoms with Crippen molar-refractivity contribution >= 4 is 23.6 Å². The standard InChI is InChI=1S/C13H17N3O5/c1-3-14-11(18)7-16(2)13(21)15-10-5-4-8(17)6-9(10)12(19)20/h4-6,17H,3,7H2,1-2H3,(H,14,18)(H,15,21)(H,19,20). The predicted octanol–water partition coefficient (Wildman–Crippen LogP) is 0.690. The number of phenolic OH excluding ortho intramolecular Hbond substituents is 1. The van der Waals surface area contributed by atoms with Gasteiger partial charge in [0.25, 0.3) is 0 Å². The Balaban J connectivity index is 2.79. The third kappa shape index (κ3) is 4.68. The minimum atomic E-state index is -1.28. The molecule has 0 heterocycles. The van der Waals surface area contributed by atoms with E-state index in [4.69, 9.17) is 5.11 Å². The lowest BCUT2D eigenvalue weighted by Crippen LogP contribution is -2.40. The molecule has 8 heteroatoms. The van der Waals surface area contributed by atoms with E-state index in [1.54, 1.807) is 6.92 Å². The minimum absolute atomic E-state index is 0.0352. The van der Waals surface area contributed by atoms with Crippen LogP contribution in [0.2, 0.25) is 0 Å². The van der Waals surface area contributed by atoms with Gasteiger partial charge in [-0.3, -0.25) is 4.79 Å². The predicted molar refractivity (Wildman–Crippen MR) is 75.4 cm³/mol. The van der Waals surface area contributed by atoms with E-state index in [0.717, 1.165) is 11.0 Å². The molecule has 0 fully saturated rings. The lowest BCUT2D eigenvalue weighted by Gasteiger charge is -2.18. The van der Waals surface area contributed by atoms with Crippen molar-refractivity contribution in [2.24, 2.45) is 0 Å². The Morgan fingerprint density at radius 1 is 1.29 bits per heavy atom. The number of carboxylic acid groups (broad SMARTS) is 1. The van der Waals surface area contributed by atoms with Crippen LogP contribution in [0, 0.1) is 0 Å². The summed E-state index contributed by atoms with van der Waals surface area (Å²) in [5.41, 5.74) is -0.206. The van der Waals surface area contributed by atoms with E-state index in [2.05, 4.69) is 10.6 Å². The van der Waals surface area contributed by atoms with Gasteiger partial charge in [0.05, 0.1) is 11.3 Å². The molecule has 1 aromatic rings. The van der Waals surface area contributed by atoms with Crippen molar-refractivity contribution in [3.05, 3.63) is 23.8 Å². The van der Waals surface area contributed by atoms with Gasteiger partial charge in [0.2, 0.25) is 5.91 Å². The molecule has 114 valence electrons. The number of carboxylic acids is 1. The number of rotatable bonds is 5. The number of anilines is 1. The Morgan fingerprint density at radius 3 is 2.52 bits per heavy atom. The summed E-state index contributed by atoms with van der Waals surface area (Å²) in [6.45, 7) is 2.06. The number of hydrogen-bond acceptors (Lipinski definition) is 4. The van der Waals surface area contributed by atoms with Crippen LogP contribution in [0.15, 0.2) is 18.2 Å². The van der Waals surface area contributed by atoms with Crippen molar-refractivity contribution in [3.8, 4) is 5.75 Å². The van der Waals surface area contributed by atoms with E-state index >= 15 is 0 Å². The van der Waals surface area contributed by atoms with Crippen LogP contribution in [-0.4, -0.2) is 53.2 Å². The molecular formula is C13H17N3O5. The first-order valence-corrected chi connectivity index (χ1v) is 6.20. The van der Waals surface area contributed by atoms with Crippen LogP contribution >= 0.6 is 0 Å². The fourth-order valence-corrected chi connectivity index (χ4v) is 1.57. The monoisotopic (exact) mass is 295 g/mol. The number of carbonyl (C=O) groups is 3. The molecule has 0 bridgehead atoms. The maximum absolute atomic E-state index is 11.9. The highest BCUT2D eigenvalue weighted by Gasteiger charge is 2.17. The Bertz CT molecular complexity index is 559. The molecule has 1 rings (SSSR count). The fourth-order valence-electron chi connectivity index (χ4n) is 1.57. The van der Waals surface area contributed by atoms with Gasteiger partial charge in [0, 0.05) is 13.6 Å². The van der Waals surface area contributed by atoms with Crippen molar-refractivity contribution in [3.63, 3.8) is 0 Å². The van der Waals surface area contributed by atoms with Crippen LogP contribution in [0.25, 0.3) is 0 Å². The molecule has 21 heavy (non-hydrogen) atoms. The molecule has 0 aromatic heterocycles. The number of amides is 3. The number of aromatic hydroxyl groups is 1. The maximum Gasteiger partial charge on any atom is 0.337 e. The maximum atomic E-state index is 11.9. The lowest BCUT2D eigenvalue weighted by atomic mass is 10.1. The molecular weight excluding hydrogens is 278 g/mol. The van der Waals surface area contributed by atoms with E-state index in [-0.39, 0.29) is 29.5 Å². The summed E-state index contributed by atoms with van der Waals surface area (Å²) in [5, 5.41) is 23.2. The first-order valence-electron chi connectivity index (χ1n) is 6.20. The molecule has 1 aromatic carbocycles. The summed E-state index contributed by atoms with van der Waals surface area (Å²) < 4.78 is 0. The number of aromatic carboxylic acids is 1. The summed E-state index contributed by atoms with van der Waals surface area (Å²) in [6, 6.07) is 2.93. The van der Waals surface area contributed by atoms with Crippen molar-refractivity contribution in [2.75, 3.05) is 25.5 Å². The van der Waals surface area contributed by atoms with Crippen LogP contribution < -0.4 is 10.6 Å². The van der Waals surface area contributed by atoms with Crippen molar-refractivity contribution in [1.82, 2.24) is 10.2 Å². The van der Waals surface area contributed by atoms with Gasteiger partial charge in [0.1, 0.15) is 12.3 Å². The molecule has 3 amide bonds. The molecule has 0 saturated heterocycles. The Morgan fingerprint density at radius 2 is 1.95 bits per heavy atom. The van der Waals surface area contributed by atoms with E-state index in [1.165, 1.54) is 19.2 Å². The number of nitrogens with zero attached hydrogens (tertiary/aromatic N) is 1. The number of phenols is 1. The van der Waals surface area contributed by atoms with E-state index < -0.39 is 12.0 Å². The molecule has 0 atom stereocenters. The zero-order valence-electron chi connectivity index (χ0n) is 11.7. The van der Waals surface area contributed by atoms with Gasteiger partial charge in [-0.05, 0) is 25.1 Å². The zero-order valence-corrected chi connectivity index (χ0v) is 11.7. The number of carbonyl (C=O) groups excluding carboxylic acids is 2. The van der Waals surface area contributed by atoms with Gasteiger partial charge in [-0.1, -0.05) is 0 Å². The van der Waals surface area contributed by atoms with Crippen molar-refractivity contribution < 1.29 is 24.6 Å². The molecule has 8 nitrogen and oxygen atoms in total. The normalized spacial score (nSPS) is 9.81. The van der Waals surface area contributed by atoms with Crippen LogP contribution in [0.1, 0.15) is 17.3 Å². The molecule has 0 aliphatic carbocycles. The summed E-state index contributed by atoms with van der Waals surface area (Å²) in [4.78, 5) is 35.4. The quantitative estimate of drug-likeness (QED) is 0.596. The fraction of sp³-hybridized carbons (Fsp3) is 0.308. The Hall–Kier alpha value is -2.77. The lowest BCUT2D eigenvalue weighted by molar-refractivity contribution is -0.121. The minimum Gasteiger partial charge on any atom is -0.508 e. The molecule has 0 unspecified atom stereocenters. The third-order valence-electron chi connectivity index (χ3n) is 2.58. The smallest absolute Gasteiger partial charge is 0.337 e. The summed E-state index contributed by atoms with van der Waals surface area (Å²) in [7, 11) is 1.41. The van der Waals surface area contributed by atoms with Gasteiger partial charge in [-0.2, -0.15) is 0 Å². The van der Waals surface area contributed by atoms with E-state index in [1.807, 2.05) is 0 Å². The van der Waals surface area contributed by atoms with Crippen molar-refractivity contribution in [2.45, 2.75) is 6.92 Å². The number of hydrogen-bond donors (Lipinski definition) is 4. The SMILES string of the molecule is CCNC(=O)CN(C)C(=O)Nc1ccc(O)cc1C(=O)O. The highest BCUT2D eigenvalue weighted by Crippen LogP contribution is 2.21. The second kappa shape index (κ2) is 7.13. The molecule has 0 aliphatic rings. The molecule has 0 radical (unpaired) electrons. The first kappa shape index (κ1) is 16.3. The van der Waals surface area contributed by atoms with Crippen LogP contribution in [0.3, 0.4) is 0 Å². The Labute approximate surface area is 121 Å². The second-order valence-electron chi connectivity index (χ2n) is 4.27. The van der Waals surface area contributed by atoms with Gasteiger partial charge in [-0.15, -0.1) is 0 Å². The molecule has 0 saturated carbocycles. The molecule has 4 N–H and O–H groups in total. The Kier molecular flexibility index (Phi) is 5.53. The number of nitrogens with one attached hydrogen (secondary N) is 2. The number of likely N-dealkylation sites (N-methyl/N-ethyl adjacent to an activating group) is 2. The number of urea groups is 1. The number of benzene rings is 1. The van der Waals surface area contributed by atoms with Gasteiger partial charge < -0.3 is 25.7 Å². The summed E-state index contributed by atoms with van der Waals surface area (Å²) >= 11 is 0. The molecule has 0 aliphatic heterocycles. The van der Waals surface area contributed by atoms with Crippen LogP contribution in [0.4, 0.5) is 10.5 Å². The third-order valence-corrected chi connectivity index (χ3v) is 2.58. The van der Waals surface area contributed by atoms with Gasteiger partial charge in [-0.25, -0.2) is 9.59 Å². The topological polar surface area (TPSA) is 119 Å². The zero-order chi connectivity index (χ0) is 16.0. The van der Waals surface area contributed by atoms with Crippen LogP contribution in [0.5, 0.6) is 5.75 Å². The summed E-state index contributed by atoms with van der Waals surface area (Å²) in [5.74, 6) is -1.83. The van der Waals surface area contributed by atoms with Crippen LogP contribution in [-0.2, 0) is 4.79 Å². The largest absolute Gasteiger partial charge is 0.508 e.